The Kier molecular flexibility index (Phi) is 4.92. The summed E-state index contributed by atoms with van der Waals surface area (Å²) in [6.07, 6.45) is 0. The third kappa shape index (κ3) is 4.10. The van der Waals surface area contributed by atoms with Gasteiger partial charge in [0.15, 0.2) is 0 Å². The first-order valence-electron chi connectivity index (χ1n) is 7.46. The normalized spacial score (nSPS) is 13.2. The van der Waals surface area contributed by atoms with Crippen LogP contribution in [-0.4, -0.2) is 0 Å². The van der Waals surface area contributed by atoms with Gasteiger partial charge >= 0.3 is 7.52 Å². The zero-order valence-corrected chi connectivity index (χ0v) is 13.5. The lowest BCUT2D eigenvalue weighted by molar-refractivity contribution is 0.478. The van der Waals surface area contributed by atoms with E-state index in [9.17, 15) is 4.57 Å². The highest BCUT2D eigenvalue weighted by Crippen LogP contribution is 2.42. The second-order valence-electron chi connectivity index (χ2n) is 5.11. The van der Waals surface area contributed by atoms with Gasteiger partial charge in [-0.05, 0) is 29.8 Å². The number of para-hydroxylation sites is 1. The molecule has 0 aliphatic carbocycles. The van der Waals surface area contributed by atoms with Crippen molar-refractivity contribution in [3.63, 3.8) is 0 Å². The summed E-state index contributed by atoms with van der Waals surface area (Å²) in [6, 6.07) is 28.4. The van der Waals surface area contributed by atoms with E-state index >= 15 is 0 Å². The molecule has 0 aliphatic heterocycles. The molecule has 3 aromatic carbocycles. The van der Waals surface area contributed by atoms with E-state index in [4.69, 9.17) is 4.52 Å². The predicted molar refractivity (Wildman–Crippen MR) is 94.0 cm³/mol. The summed E-state index contributed by atoms with van der Waals surface area (Å²) in [6.45, 7) is 0.472. The van der Waals surface area contributed by atoms with Gasteiger partial charge in [-0.2, -0.15) is 0 Å². The van der Waals surface area contributed by atoms with E-state index in [0.717, 1.165) is 5.56 Å². The number of rotatable bonds is 6. The van der Waals surface area contributed by atoms with Gasteiger partial charge in [-0.3, -0.25) is 4.57 Å². The van der Waals surface area contributed by atoms with Crippen LogP contribution in [-0.2, 0) is 11.1 Å². The number of hydrogen-bond acceptors (Lipinski definition) is 2. The first kappa shape index (κ1) is 15.5. The SMILES string of the molecule is O=P(NCc1ccccc1)(Oc1ccccc1)c1ccccc1. The van der Waals surface area contributed by atoms with Crippen molar-refractivity contribution in [2.24, 2.45) is 0 Å². The first-order chi connectivity index (χ1) is 11.3. The van der Waals surface area contributed by atoms with Crippen LogP contribution in [0, 0.1) is 0 Å². The smallest absolute Gasteiger partial charge is 0.347 e. The summed E-state index contributed by atoms with van der Waals surface area (Å²) in [7, 11) is -3.21. The summed E-state index contributed by atoms with van der Waals surface area (Å²) in [5.74, 6) is 0.584. The second kappa shape index (κ2) is 7.28. The average molecular weight is 323 g/mol. The zero-order chi connectivity index (χ0) is 16.0. The Hall–Kier alpha value is -2.35. The van der Waals surface area contributed by atoms with Crippen LogP contribution in [0.4, 0.5) is 0 Å². The standard InChI is InChI=1S/C19H18NO2P/c21-23(19-14-8-3-9-15-19,22-18-12-6-2-7-13-18)20-16-17-10-4-1-5-11-17/h1-15H,16H2,(H,20,21). The molecule has 1 N–H and O–H groups in total. The molecular formula is C19H18NO2P. The van der Waals surface area contributed by atoms with Crippen LogP contribution >= 0.6 is 7.52 Å². The molecule has 23 heavy (non-hydrogen) atoms. The topological polar surface area (TPSA) is 38.3 Å². The largest absolute Gasteiger partial charge is 0.430 e. The Bertz CT molecular complexity index is 776. The van der Waals surface area contributed by atoms with Crippen LogP contribution in [0.1, 0.15) is 5.56 Å². The maximum atomic E-state index is 13.4. The minimum Gasteiger partial charge on any atom is -0.430 e. The van der Waals surface area contributed by atoms with Gasteiger partial charge in [-0.25, -0.2) is 5.09 Å². The van der Waals surface area contributed by atoms with Crippen molar-refractivity contribution < 1.29 is 9.09 Å². The third-order valence-corrected chi connectivity index (χ3v) is 5.43. The molecule has 0 amide bonds. The molecule has 0 saturated heterocycles. The molecule has 0 fully saturated rings. The molecule has 3 aromatic rings. The number of benzene rings is 3. The van der Waals surface area contributed by atoms with E-state index < -0.39 is 7.52 Å². The average Bonchev–Trinajstić information content (AvgIpc) is 2.63. The lowest BCUT2D eigenvalue weighted by Crippen LogP contribution is -2.23. The van der Waals surface area contributed by atoms with Gasteiger partial charge in [-0.1, -0.05) is 66.7 Å². The van der Waals surface area contributed by atoms with Gasteiger partial charge in [0.25, 0.3) is 0 Å². The van der Waals surface area contributed by atoms with E-state index in [1.165, 1.54) is 0 Å². The van der Waals surface area contributed by atoms with E-state index in [-0.39, 0.29) is 0 Å². The highest BCUT2D eigenvalue weighted by molar-refractivity contribution is 7.65. The molecular weight excluding hydrogens is 305 g/mol. The predicted octanol–water partition coefficient (Wildman–Crippen LogP) is 4.37. The van der Waals surface area contributed by atoms with Crippen LogP contribution in [0.2, 0.25) is 0 Å². The van der Waals surface area contributed by atoms with E-state index in [1.54, 1.807) is 12.1 Å². The molecule has 0 heterocycles. The highest BCUT2D eigenvalue weighted by Gasteiger charge is 2.26. The fourth-order valence-corrected chi connectivity index (χ4v) is 3.95. The molecule has 0 aromatic heterocycles. The van der Waals surface area contributed by atoms with E-state index in [2.05, 4.69) is 5.09 Å². The number of hydrogen-bond donors (Lipinski definition) is 1. The van der Waals surface area contributed by atoms with Gasteiger partial charge < -0.3 is 4.52 Å². The van der Waals surface area contributed by atoms with Gasteiger partial charge in [0.05, 0.1) is 5.30 Å². The molecule has 1 unspecified atom stereocenters. The van der Waals surface area contributed by atoms with Gasteiger partial charge in [0, 0.05) is 6.54 Å². The Morgan fingerprint density at radius 2 is 1.26 bits per heavy atom. The van der Waals surface area contributed by atoms with Gasteiger partial charge in [0.1, 0.15) is 5.75 Å². The van der Waals surface area contributed by atoms with Crippen molar-refractivity contribution in [2.45, 2.75) is 6.54 Å². The van der Waals surface area contributed by atoms with Crippen molar-refractivity contribution in [1.29, 1.82) is 0 Å². The summed E-state index contributed by atoms with van der Waals surface area (Å²) < 4.78 is 19.3. The minimum atomic E-state index is -3.21. The molecule has 3 nitrogen and oxygen atoms in total. The molecule has 0 bridgehead atoms. The van der Waals surface area contributed by atoms with Crippen LogP contribution < -0.4 is 14.9 Å². The Morgan fingerprint density at radius 1 is 0.739 bits per heavy atom. The van der Waals surface area contributed by atoms with Crippen LogP contribution in [0.3, 0.4) is 0 Å². The fourth-order valence-electron chi connectivity index (χ4n) is 2.22. The molecule has 4 heteroatoms. The van der Waals surface area contributed by atoms with Crippen molar-refractivity contribution in [1.82, 2.24) is 5.09 Å². The molecule has 116 valence electrons. The summed E-state index contributed by atoms with van der Waals surface area (Å²) in [5, 5.41) is 3.76. The molecule has 1 atom stereocenters. The lowest BCUT2D eigenvalue weighted by atomic mass is 10.2. The summed E-state index contributed by atoms with van der Waals surface area (Å²) in [4.78, 5) is 0. The quantitative estimate of drug-likeness (QED) is 0.684. The molecule has 0 radical (unpaired) electrons. The van der Waals surface area contributed by atoms with Gasteiger partial charge in [0.2, 0.25) is 0 Å². The Morgan fingerprint density at radius 3 is 1.87 bits per heavy atom. The van der Waals surface area contributed by atoms with E-state index in [1.807, 2.05) is 78.9 Å². The minimum absolute atomic E-state index is 0.472. The monoisotopic (exact) mass is 323 g/mol. The molecule has 0 spiro atoms. The van der Waals surface area contributed by atoms with Crippen molar-refractivity contribution >= 4 is 12.8 Å². The summed E-state index contributed by atoms with van der Waals surface area (Å²) >= 11 is 0. The molecule has 3 rings (SSSR count). The van der Waals surface area contributed by atoms with Crippen LogP contribution in [0.15, 0.2) is 91.0 Å². The maximum Gasteiger partial charge on any atom is 0.347 e. The number of nitrogens with one attached hydrogen (secondary N) is 1. The van der Waals surface area contributed by atoms with Crippen molar-refractivity contribution in [3.05, 3.63) is 96.6 Å². The zero-order valence-electron chi connectivity index (χ0n) is 12.6. The molecule has 0 aliphatic rings. The maximum absolute atomic E-state index is 13.4. The van der Waals surface area contributed by atoms with Crippen LogP contribution in [0.5, 0.6) is 5.75 Å². The molecule has 0 saturated carbocycles. The van der Waals surface area contributed by atoms with Gasteiger partial charge in [-0.15, -0.1) is 0 Å². The summed E-state index contributed by atoms with van der Waals surface area (Å²) in [5.41, 5.74) is 1.06. The van der Waals surface area contributed by atoms with Crippen molar-refractivity contribution in [2.75, 3.05) is 0 Å². The highest BCUT2D eigenvalue weighted by atomic mass is 31.2. The van der Waals surface area contributed by atoms with Crippen LogP contribution in [0.25, 0.3) is 0 Å². The fraction of sp³-hybridized carbons (Fsp3) is 0.0526. The second-order valence-corrected chi connectivity index (χ2v) is 7.23. The Labute approximate surface area is 136 Å². The third-order valence-electron chi connectivity index (χ3n) is 3.41. The first-order valence-corrected chi connectivity index (χ1v) is 9.08. The van der Waals surface area contributed by atoms with Crippen molar-refractivity contribution in [3.8, 4) is 5.75 Å². The lowest BCUT2D eigenvalue weighted by Gasteiger charge is -2.21. The van der Waals surface area contributed by atoms with E-state index in [0.29, 0.717) is 17.6 Å². The Balaban J connectivity index is 1.86.